The van der Waals surface area contributed by atoms with Gasteiger partial charge in [0.25, 0.3) is 0 Å². The van der Waals surface area contributed by atoms with E-state index in [0.29, 0.717) is 11.1 Å². The zero-order valence-corrected chi connectivity index (χ0v) is 22.5. The number of rotatable bonds is 3. The summed E-state index contributed by atoms with van der Waals surface area (Å²) in [6.07, 6.45) is 0. The third-order valence-electron chi connectivity index (χ3n) is 8.15. The number of hydrogen-bond acceptors (Lipinski definition) is 2. The molecule has 0 aliphatic rings. The predicted molar refractivity (Wildman–Crippen MR) is 170 cm³/mol. The molecule has 0 bridgehead atoms. The molecule has 0 amide bonds. The maximum atomic E-state index is 9.60. The van der Waals surface area contributed by atoms with Gasteiger partial charge >= 0.3 is 0 Å². The Morgan fingerprint density at radius 3 is 1.26 bits per heavy atom. The van der Waals surface area contributed by atoms with Gasteiger partial charge in [0.15, 0.2) is 0 Å². The van der Waals surface area contributed by atoms with Crippen LogP contribution in [-0.2, 0) is 0 Å². The lowest BCUT2D eigenvalue weighted by Gasteiger charge is -2.11. The molecule has 42 heavy (non-hydrogen) atoms. The minimum absolute atomic E-state index is 0.632. The van der Waals surface area contributed by atoms with Crippen molar-refractivity contribution in [2.45, 2.75) is 0 Å². The molecule has 8 aromatic rings. The van der Waals surface area contributed by atoms with E-state index in [1.165, 1.54) is 10.8 Å². The average Bonchev–Trinajstić information content (AvgIpc) is 3.58. The second kappa shape index (κ2) is 9.24. The first-order chi connectivity index (χ1) is 20.8. The highest BCUT2D eigenvalue weighted by Gasteiger charge is 2.20. The van der Waals surface area contributed by atoms with Crippen LogP contribution in [0.15, 0.2) is 133 Å². The topological polar surface area (TPSA) is 57.4 Å². The Bertz CT molecular complexity index is 2270. The summed E-state index contributed by atoms with van der Waals surface area (Å²) in [7, 11) is 0. The maximum Gasteiger partial charge on any atom is 0.0992 e. The molecule has 0 radical (unpaired) electrons. The Hall–Kier alpha value is -6.10. The molecular formula is C38H22N4. The number of nitrogens with zero attached hydrogens (tertiary/aromatic N) is 4. The van der Waals surface area contributed by atoms with E-state index < -0.39 is 0 Å². The molecule has 6 aromatic carbocycles. The van der Waals surface area contributed by atoms with E-state index in [9.17, 15) is 10.5 Å². The minimum atomic E-state index is 0.632. The maximum absolute atomic E-state index is 9.60. The normalized spacial score (nSPS) is 11.3. The number of benzene rings is 6. The Kier molecular flexibility index (Phi) is 5.22. The number of aromatic nitrogens is 2. The van der Waals surface area contributed by atoms with Crippen LogP contribution in [0.4, 0.5) is 0 Å². The molecule has 2 aromatic heterocycles. The van der Waals surface area contributed by atoms with Crippen molar-refractivity contribution in [2.75, 3.05) is 0 Å². The van der Waals surface area contributed by atoms with Gasteiger partial charge in [-0.05, 0) is 71.8 Å². The van der Waals surface area contributed by atoms with Crippen LogP contribution in [0.1, 0.15) is 11.1 Å². The molecule has 0 unspecified atom stereocenters. The van der Waals surface area contributed by atoms with Crippen molar-refractivity contribution in [2.24, 2.45) is 0 Å². The summed E-state index contributed by atoms with van der Waals surface area (Å²) >= 11 is 0. The first-order valence-electron chi connectivity index (χ1n) is 13.8. The molecular weight excluding hydrogens is 512 g/mol. The van der Waals surface area contributed by atoms with Crippen LogP contribution in [0.2, 0.25) is 0 Å². The molecule has 0 atom stereocenters. The van der Waals surface area contributed by atoms with E-state index in [4.69, 9.17) is 0 Å². The van der Waals surface area contributed by atoms with Gasteiger partial charge in [-0.15, -0.1) is 0 Å². The van der Waals surface area contributed by atoms with Gasteiger partial charge in [-0.3, -0.25) is 0 Å². The van der Waals surface area contributed by atoms with Gasteiger partial charge in [0, 0.05) is 32.9 Å². The Morgan fingerprint density at radius 2 is 0.810 bits per heavy atom. The van der Waals surface area contributed by atoms with Crippen molar-refractivity contribution in [1.29, 1.82) is 10.5 Å². The van der Waals surface area contributed by atoms with Crippen LogP contribution >= 0.6 is 0 Å². The van der Waals surface area contributed by atoms with E-state index in [1.54, 1.807) is 0 Å². The van der Waals surface area contributed by atoms with Gasteiger partial charge < -0.3 is 9.13 Å². The van der Waals surface area contributed by atoms with Gasteiger partial charge in [-0.2, -0.15) is 10.5 Å². The summed E-state index contributed by atoms with van der Waals surface area (Å²) in [6.45, 7) is 0. The lowest BCUT2D eigenvalue weighted by atomic mass is 9.95. The van der Waals surface area contributed by atoms with Crippen LogP contribution in [0.5, 0.6) is 0 Å². The van der Waals surface area contributed by atoms with Gasteiger partial charge in [-0.25, -0.2) is 0 Å². The smallest absolute Gasteiger partial charge is 0.0992 e. The molecule has 4 nitrogen and oxygen atoms in total. The number of para-hydroxylation sites is 2. The van der Waals surface area contributed by atoms with Crippen molar-refractivity contribution < 1.29 is 0 Å². The summed E-state index contributed by atoms with van der Waals surface area (Å²) in [4.78, 5) is 0. The van der Waals surface area contributed by atoms with Crippen LogP contribution in [-0.4, -0.2) is 9.13 Å². The van der Waals surface area contributed by atoms with Crippen LogP contribution in [0.3, 0.4) is 0 Å². The van der Waals surface area contributed by atoms with E-state index in [-0.39, 0.29) is 0 Å². The highest BCUT2D eigenvalue weighted by atomic mass is 15.0. The first kappa shape index (κ1) is 23.8. The molecule has 0 spiro atoms. The van der Waals surface area contributed by atoms with Crippen LogP contribution < -0.4 is 0 Å². The number of hydrogen-bond donors (Lipinski definition) is 0. The predicted octanol–water partition coefficient (Wildman–Crippen LogP) is 9.29. The van der Waals surface area contributed by atoms with Gasteiger partial charge in [0.05, 0.1) is 45.3 Å². The highest BCUT2D eigenvalue weighted by Crippen LogP contribution is 2.43. The summed E-state index contributed by atoms with van der Waals surface area (Å²) in [5.74, 6) is 0. The summed E-state index contributed by atoms with van der Waals surface area (Å²) < 4.78 is 4.51. The molecule has 0 aliphatic carbocycles. The second-order valence-electron chi connectivity index (χ2n) is 10.4. The summed E-state index contributed by atoms with van der Waals surface area (Å²) in [5.41, 5.74) is 9.86. The third-order valence-corrected chi connectivity index (χ3v) is 8.15. The van der Waals surface area contributed by atoms with E-state index in [2.05, 4.69) is 118 Å². The van der Waals surface area contributed by atoms with E-state index in [1.807, 2.05) is 36.4 Å². The Balaban J connectivity index is 1.49. The summed E-state index contributed by atoms with van der Waals surface area (Å²) in [5, 5.41) is 23.9. The zero-order chi connectivity index (χ0) is 28.2. The zero-order valence-electron chi connectivity index (χ0n) is 22.5. The largest absolute Gasteiger partial charge is 0.309 e. The third kappa shape index (κ3) is 3.40. The lowest BCUT2D eigenvalue weighted by molar-refractivity contribution is 1.18. The molecule has 0 N–H and O–H groups in total. The van der Waals surface area contributed by atoms with Gasteiger partial charge in [0.1, 0.15) is 0 Å². The van der Waals surface area contributed by atoms with Crippen molar-refractivity contribution in [3.05, 3.63) is 145 Å². The van der Waals surface area contributed by atoms with E-state index >= 15 is 0 Å². The minimum Gasteiger partial charge on any atom is -0.309 e. The second-order valence-corrected chi connectivity index (χ2v) is 10.4. The fourth-order valence-electron chi connectivity index (χ4n) is 6.47. The average molecular weight is 535 g/mol. The van der Waals surface area contributed by atoms with Crippen molar-refractivity contribution in [3.8, 4) is 34.6 Å². The molecule has 2 heterocycles. The molecule has 4 heteroatoms. The SMILES string of the molecule is N#Cc1cccc(-n2c3ccccc3c3c(-c4cccc5c4c4ccccc4n5-c4cccc(C#N)c4)cccc32)c1. The number of nitriles is 2. The first-order valence-corrected chi connectivity index (χ1v) is 13.8. The monoisotopic (exact) mass is 534 g/mol. The van der Waals surface area contributed by atoms with Gasteiger partial charge in [-0.1, -0.05) is 72.8 Å². The standard InChI is InChI=1S/C38H22N4/c39-23-25-9-5-11-27(21-25)41-33-17-3-1-13-31(33)37-29(15-7-19-35(37)41)30-16-8-20-36-38(30)32-14-2-4-18-34(32)42(36)28-12-6-10-26(22-28)24-40/h1-22H. The fourth-order valence-corrected chi connectivity index (χ4v) is 6.47. The fraction of sp³-hybridized carbons (Fsp3) is 0. The van der Waals surface area contributed by atoms with Crippen molar-refractivity contribution in [1.82, 2.24) is 9.13 Å². The molecule has 0 saturated heterocycles. The quantitative estimate of drug-likeness (QED) is 0.227. The van der Waals surface area contributed by atoms with E-state index in [0.717, 1.165) is 55.3 Å². The lowest BCUT2D eigenvalue weighted by Crippen LogP contribution is -1.95. The molecule has 8 rings (SSSR count). The van der Waals surface area contributed by atoms with Gasteiger partial charge in [0.2, 0.25) is 0 Å². The van der Waals surface area contributed by atoms with Crippen LogP contribution in [0.25, 0.3) is 66.1 Å². The highest BCUT2D eigenvalue weighted by molar-refractivity contribution is 6.22. The molecule has 194 valence electrons. The Morgan fingerprint density at radius 1 is 0.405 bits per heavy atom. The van der Waals surface area contributed by atoms with Crippen LogP contribution in [0, 0.1) is 22.7 Å². The van der Waals surface area contributed by atoms with Crippen molar-refractivity contribution in [3.63, 3.8) is 0 Å². The molecule has 0 fully saturated rings. The Labute approximate surface area is 242 Å². The summed E-state index contributed by atoms with van der Waals surface area (Å²) in [6, 6.07) is 50.1. The van der Waals surface area contributed by atoms with Crippen molar-refractivity contribution >= 4 is 43.6 Å². The molecule has 0 aliphatic heterocycles. The molecule has 0 saturated carbocycles. The number of fused-ring (bicyclic) bond motifs is 6.